The number of hydrogen-bond donors (Lipinski definition) is 2. The smallest absolute Gasteiger partial charge is 0.260 e. The van der Waals surface area contributed by atoms with E-state index in [2.05, 4.69) is 15.6 Å². The van der Waals surface area contributed by atoms with Gasteiger partial charge < -0.3 is 25.0 Å². The molecule has 0 saturated carbocycles. The third-order valence-electron chi connectivity index (χ3n) is 7.71. The first-order valence-corrected chi connectivity index (χ1v) is 15.6. The maximum atomic E-state index is 14.3. The molecule has 6 rings (SSSR count). The van der Waals surface area contributed by atoms with Gasteiger partial charge in [-0.3, -0.25) is 9.59 Å². The van der Waals surface area contributed by atoms with E-state index in [4.69, 9.17) is 14.6 Å². The van der Waals surface area contributed by atoms with Crippen molar-refractivity contribution in [1.82, 2.24) is 19.7 Å². The zero-order valence-corrected chi connectivity index (χ0v) is 25.8. The van der Waals surface area contributed by atoms with Crippen LogP contribution in [0, 0.1) is 12.7 Å². The molecule has 45 heavy (non-hydrogen) atoms. The van der Waals surface area contributed by atoms with Crippen LogP contribution in [0.4, 0.5) is 16.0 Å². The Kier molecular flexibility index (Phi) is 9.13. The van der Waals surface area contributed by atoms with Gasteiger partial charge in [-0.05, 0) is 54.8 Å². The summed E-state index contributed by atoms with van der Waals surface area (Å²) in [5.74, 6) is 0.688. The van der Waals surface area contributed by atoms with Gasteiger partial charge in [0.25, 0.3) is 11.8 Å². The van der Waals surface area contributed by atoms with Crippen LogP contribution in [0.2, 0.25) is 0 Å². The Bertz CT molecular complexity index is 1740. The van der Waals surface area contributed by atoms with E-state index in [0.29, 0.717) is 71.4 Å². The van der Waals surface area contributed by atoms with Gasteiger partial charge in [-0.1, -0.05) is 60.3 Å². The van der Waals surface area contributed by atoms with Crippen LogP contribution in [0.5, 0.6) is 5.75 Å². The number of thioether (sulfide) groups is 1. The average Bonchev–Trinajstić information content (AvgIpc) is 3.46. The Balaban J connectivity index is 1.27. The first kappa shape index (κ1) is 30.4. The number of amides is 2. The minimum absolute atomic E-state index is 0.0778. The maximum absolute atomic E-state index is 14.3. The molecule has 0 spiro atoms. The Morgan fingerprint density at radius 2 is 1.78 bits per heavy atom. The Hall–Kier alpha value is -4.68. The number of anilines is 2. The second kappa shape index (κ2) is 13.5. The predicted molar refractivity (Wildman–Crippen MR) is 170 cm³/mol. The number of carbonyl (C=O) groups is 2. The molecular weight excluding hydrogens is 595 g/mol. The van der Waals surface area contributed by atoms with E-state index in [-0.39, 0.29) is 24.2 Å². The number of aryl methyl sites for hydroxylation is 1. The van der Waals surface area contributed by atoms with Crippen LogP contribution in [0.3, 0.4) is 0 Å². The van der Waals surface area contributed by atoms with Crippen molar-refractivity contribution in [2.24, 2.45) is 0 Å². The monoisotopic (exact) mass is 628 g/mol. The highest BCUT2D eigenvalue weighted by Crippen LogP contribution is 2.38. The lowest BCUT2D eigenvalue weighted by Crippen LogP contribution is -2.42. The van der Waals surface area contributed by atoms with E-state index in [1.54, 1.807) is 39.9 Å². The second-order valence-corrected chi connectivity index (χ2v) is 11.7. The number of carbonyl (C=O) groups excluding carboxylic acids is 2. The van der Waals surface area contributed by atoms with Crippen LogP contribution in [-0.2, 0) is 20.1 Å². The lowest BCUT2D eigenvalue weighted by molar-refractivity contribution is -0.137. The van der Waals surface area contributed by atoms with E-state index >= 15 is 0 Å². The molecule has 2 amide bonds. The van der Waals surface area contributed by atoms with Crippen molar-refractivity contribution in [2.45, 2.75) is 30.8 Å². The molecule has 1 saturated heterocycles. The van der Waals surface area contributed by atoms with E-state index in [0.717, 1.165) is 11.1 Å². The molecule has 1 atom stereocenters. The number of aromatic nitrogens is 3. The fourth-order valence-corrected chi connectivity index (χ4v) is 6.07. The van der Waals surface area contributed by atoms with Crippen molar-refractivity contribution < 1.29 is 23.5 Å². The fraction of sp³-hybridized carbons (Fsp3) is 0.273. The highest BCUT2D eigenvalue weighted by atomic mass is 32.2. The molecular formula is C33H33FN6O4S. The summed E-state index contributed by atoms with van der Waals surface area (Å²) in [4.78, 5) is 32.8. The molecule has 3 aromatic carbocycles. The van der Waals surface area contributed by atoms with Crippen LogP contribution >= 0.6 is 11.8 Å². The molecule has 2 aliphatic rings. The van der Waals surface area contributed by atoms with Crippen LogP contribution in [0.15, 0.2) is 89.2 Å². The standard InChI is InChI=1S/C33H33FN6O4S/c1-21-7-3-6-10-27(21)36-31(42)29-22(2)35-32-37-33(45-20-24-8-4-5-9-26(24)34)38-40(32)30(29)23-11-13-25(14-12-23)44-19-28(41)39-15-17-43-18-16-39/h3-14,30H,15-20H2,1-2H3,(H,36,42)(H,35,37,38). The van der Waals surface area contributed by atoms with Gasteiger partial charge in [0.15, 0.2) is 6.61 Å². The normalized spacial score (nSPS) is 16.2. The molecule has 0 radical (unpaired) electrons. The van der Waals surface area contributed by atoms with Gasteiger partial charge in [0.05, 0.1) is 18.8 Å². The highest BCUT2D eigenvalue weighted by molar-refractivity contribution is 7.98. The molecule has 0 aliphatic carbocycles. The molecule has 0 bridgehead atoms. The predicted octanol–water partition coefficient (Wildman–Crippen LogP) is 5.18. The SMILES string of the molecule is CC1=C(C(=O)Nc2ccccc2C)C(c2ccc(OCC(=O)N3CCOCC3)cc2)n2nc(SCc3ccccc3F)nc2N1. The Morgan fingerprint density at radius 1 is 1.04 bits per heavy atom. The van der Waals surface area contributed by atoms with Crippen molar-refractivity contribution in [3.63, 3.8) is 0 Å². The van der Waals surface area contributed by atoms with E-state index < -0.39 is 6.04 Å². The molecule has 12 heteroatoms. The summed E-state index contributed by atoms with van der Waals surface area (Å²) < 4.78 is 27.1. The number of allylic oxidation sites excluding steroid dienone is 1. The van der Waals surface area contributed by atoms with E-state index in [9.17, 15) is 14.0 Å². The van der Waals surface area contributed by atoms with Gasteiger partial charge in [-0.2, -0.15) is 4.98 Å². The number of ether oxygens (including phenoxy) is 2. The zero-order chi connectivity index (χ0) is 31.3. The van der Waals surface area contributed by atoms with Crippen molar-refractivity contribution >= 4 is 35.2 Å². The summed E-state index contributed by atoms with van der Waals surface area (Å²) >= 11 is 1.31. The average molecular weight is 629 g/mol. The molecule has 2 N–H and O–H groups in total. The van der Waals surface area contributed by atoms with Gasteiger partial charge in [0.1, 0.15) is 17.6 Å². The van der Waals surface area contributed by atoms with Crippen LogP contribution in [0.1, 0.15) is 29.7 Å². The van der Waals surface area contributed by atoms with Gasteiger partial charge in [-0.15, -0.1) is 5.10 Å². The number of para-hydroxylation sites is 1. The fourth-order valence-electron chi connectivity index (χ4n) is 5.25. The molecule has 1 aromatic heterocycles. The zero-order valence-electron chi connectivity index (χ0n) is 25.0. The van der Waals surface area contributed by atoms with Crippen molar-refractivity contribution in [3.05, 3.63) is 107 Å². The minimum atomic E-state index is -0.621. The highest BCUT2D eigenvalue weighted by Gasteiger charge is 2.34. The minimum Gasteiger partial charge on any atom is -0.484 e. The van der Waals surface area contributed by atoms with Gasteiger partial charge in [-0.25, -0.2) is 9.07 Å². The molecule has 10 nitrogen and oxygen atoms in total. The summed E-state index contributed by atoms with van der Waals surface area (Å²) in [6.45, 7) is 5.84. The van der Waals surface area contributed by atoms with Gasteiger partial charge >= 0.3 is 0 Å². The maximum Gasteiger partial charge on any atom is 0.260 e. The van der Waals surface area contributed by atoms with Gasteiger partial charge in [0, 0.05) is 30.2 Å². The number of halogens is 1. The Morgan fingerprint density at radius 3 is 2.53 bits per heavy atom. The summed E-state index contributed by atoms with van der Waals surface area (Å²) in [6, 6.07) is 20.8. The molecule has 1 fully saturated rings. The lowest BCUT2D eigenvalue weighted by Gasteiger charge is -2.29. The van der Waals surface area contributed by atoms with Gasteiger partial charge in [0.2, 0.25) is 11.1 Å². The van der Waals surface area contributed by atoms with Crippen molar-refractivity contribution in [3.8, 4) is 5.75 Å². The second-order valence-electron chi connectivity index (χ2n) is 10.7. The number of rotatable bonds is 9. The topological polar surface area (TPSA) is 111 Å². The number of morpholine rings is 1. The summed E-state index contributed by atoms with van der Waals surface area (Å²) in [5, 5.41) is 11.5. The van der Waals surface area contributed by atoms with Crippen molar-refractivity contribution in [2.75, 3.05) is 43.5 Å². The molecule has 4 aromatic rings. The lowest BCUT2D eigenvalue weighted by atomic mass is 9.95. The summed E-state index contributed by atoms with van der Waals surface area (Å²) in [7, 11) is 0. The van der Waals surface area contributed by atoms with Crippen LogP contribution < -0.4 is 15.4 Å². The number of nitrogens with zero attached hydrogens (tertiary/aromatic N) is 4. The van der Waals surface area contributed by atoms with E-state index in [1.165, 1.54) is 17.8 Å². The third kappa shape index (κ3) is 6.86. The Labute approximate surface area is 264 Å². The number of hydrogen-bond acceptors (Lipinski definition) is 8. The number of fused-ring (bicyclic) bond motifs is 1. The summed E-state index contributed by atoms with van der Waals surface area (Å²) in [5.41, 5.74) is 4.07. The third-order valence-corrected chi connectivity index (χ3v) is 8.59. The number of nitrogens with one attached hydrogen (secondary N) is 2. The number of benzene rings is 3. The first-order valence-electron chi connectivity index (χ1n) is 14.6. The molecule has 2 aliphatic heterocycles. The van der Waals surface area contributed by atoms with Crippen LogP contribution in [-0.4, -0.2) is 64.4 Å². The quantitative estimate of drug-likeness (QED) is 0.244. The van der Waals surface area contributed by atoms with Crippen LogP contribution in [0.25, 0.3) is 0 Å². The van der Waals surface area contributed by atoms with E-state index in [1.807, 2.05) is 50.2 Å². The molecule has 1 unspecified atom stereocenters. The largest absolute Gasteiger partial charge is 0.484 e. The summed E-state index contributed by atoms with van der Waals surface area (Å²) in [6.07, 6.45) is 0. The molecule has 3 heterocycles. The molecule has 232 valence electrons. The first-order chi connectivity index (χ1) is 21.9. The van der Waals surface area contributed by atoms with Crippen molar-refractivity contribution in [1.29, 1.82) is 0 Å².